The first-order valence-electron chi connectivity index (χ1n) is 23.9. The van der Waals surface area contributed by atoms with E-state index in [9.17, 15) is 0 Å². The Labute approximate surface area is 390 Å². The van der Waals surface area contributed by atoms with Crippen LogP contribution in [0.4, 0.5) is 17.1 Å². The van der Waals surface area contributed by atoms with Gasteiger partial charge in [-0.1, -0.05) is 189 Å². The summed E-state index contributed by atoms with van der Waals surface area (Å²) in [6.07, 6.45) is 6.41. The monoisotopic (exact) mass is 860 g/mol. The molecule has 0 atom stereocenters. The molecule has 0 aliphatic heterocycles. The van der Waals surface area contributed by atoms with E-state index in [1.165, 1.54) is 86.9 Å². The third kappa shape index (κ3) is 6.64. The van der Waals surface area contributed by atoms with E-state index in [2.05, 4.69) is 234 Å². The average Bonchev–Trinajstić information content (AvgIpc) is 3.95. The summed E-state index contributed by atoms with van der Waals surface area (Å²) in [5, 5.41) is 7.43. The van der Waals surface area contributed by atoms with Crippen LogP contribution in [0.25, 0.3) is 93.6 Å². The number of fused-ring (bicyclic) bond motifs is 7. The largest absolute Gasteiger partial charge is 0.455 e. The molecule has 2 heterocycles. The highest BCUT2D eigenvalue weighted by molar-refractivity contribution is 6.12. The lowest BCUT2D eigenvalue weighted by Crippen LogP contribution is -2.12. The zero-order valence-electron chi connectivity index (χ0n) is 37.3. The molecule has 0 bridgehead atoms. The molecule has 2 aromatic heterocycles. The van der Waals surface area contributed by atoms with Gasteiger partial charge in [0, 0.05) is 49.6 Å². The van der Waals surface area contributed by atoms with Crippen molar-refractivity contribution in [2.75, 3.05) is 4.90 Å². The third-order valence-electron chi connectivity index (χ3n) is 14.4. The highest BCUT2D eigenvalue weighted by atomic mass is 16.3. The maximum atomic E-state index is 6.73. The van der Waals surface area contributed by atoms with Gasteiger partial charge in [-0.15, -0.1) is 0 Å². The van der Waals surface area contributed by atoms with E-state index in [4.69, 9.17) is 4.42 Å². The number of nitrogens with zero attached hydrogens (tertiary/aromatic N) is 2. The number of hydrogen-bond acceptors (Lipinski definition) is 2. The van der Waals surface area contributed by atoms with Gasteiger partial charge < -0.3 is 13.9 Å². The lowest BCUT2D eigenvalue weighted by Gasteiger charge is -2.31. The van der Waals surface area contributed by atoms with E-state index in [1.807, 2.05) is 0 Å². The van der Waals surface area contributed by atoms with Gasteiger partial charge in [0.1, 0.15) is 11.2 Å². The molecule has 0 spiro atoms. The van der Waals surface area contributed by atoms with E-state index < -0.39 is 0 Å². The molecule has 0 radical (unpaired) electrons. The molecule has 10 aromatic carbocycles. The molecule has 3 heteroatoms. The highest BCUT2D eigenvalue weighted by Crippen LogP contribution is 2.49. The summed E-state index contributed by atoms with van der Waals surface area (Å²) in [6, 6.07) is 82.2. The molecular formula is C64H48N2O. The van der Waals surface area contributed by atoms with E-state index in [1.54, 1.807) is 0 Å². The first-order chi connectivity index (χ1) is 33.3. The summed E-state index contributed by atoms with van der Waals surface area (Å²) >= 11 is 0. The summed E-state index contributed by atoms with van der Waals surface area (Å²) in [6.45, 7) is 0. The van der Waals surface area contributed by atoms with Gasteiger partial charge in [0.2, 0.25) is 0 Å². The maximum absolute atomic E-state index is 6.73. The van der Waals surface area contributed by atoms with Crippen molar-refractivity contribution in [3.63, 3.8) is 0 Å². The van der Waals surface area contributed by atoms with Crippen LogP contribution in [-0.4, -0.2) is 4.57 Å². The molecule has 0 saturated heterocycles. The second kappa shape index (κ2) is 16.4. The van der Waals surface area contributed by atoms with Crippen molar-refractivity contribution in [1.82, 2.24) is 4.57 Å². The number of anilines is 3. The molecule has 1 aliphatic rings. The molecule has 0 amide bonds. The van der Waals surface area contributed by atoms with Crippen molar-refractivity contribution in [1.29, 1.82) is 0 Å². The number of para-hydroxylation sites is 6. The summed E-state index contributed by atoms with van der Waals surface area (Å²) in [5.74, 6) is 0.563. The van der Waals surface area contributed by atoms with Crippen LogP contribution in [0.2, 0.25) is 0 Å². The van der Waals surface area contributed by atoms with E-state index in [0.717, 1.165) is 61.4 Å². The van der Waals surface area contributed by atoms with Gasteiger partial charge in [0.15, 0.2) is 0 Å². The van der Waals surface area contributed by atoms with Crippen molar-refractivity contribution in [2.45, 2.75) is 38.0 Å². The first-order valence-corrected chi connectivity index (χ1v) is 23.9. The number of aromatic nitrogens is 1. The van der Waals surface area contributed by atoms with Gasteiger partial charge in [-0.25, -0.2) is 0 Å². The molecule has 0 unspecified atom stereocenters. The van der Waals surface area contributed by atoms with Crippen LogP contribution in [0, 0.1) is 0 Å². The van der Waals surface area contributed by atoms with Gasteiger partial charge in [0.25, 0.3) is 0 Å². The number of benzene rings is 10. The highest BCUT2D eigenvalue weighted by Gasteiger charge is 2.25. The van der Waals surface area contributed by atoms with Crippen molar-refractivity contribution in [2.24, 2.45) is 0 Å². The lowest BCUT2D eigenvalue weighted by atomic mass is 9.80. The molecular weight excluding hydrogens is 813 g/mol. The van der Waals surface area contributed by atoms with Gasteiger partial charge >= 0.3 is 0 Å². The topological polar surface area (TPSA) is 21.3 Å². The van der Waals surface area contributed by atoms with Crippen LogP contribution >= 0.6 is 0 Å². The van der Waals surface area contributed by atoms with Crippen LogP contribution in [0.1, 0.15) is 43.6 Å². The van der Waals surface area contributed by atoms with Gasteiger partial charge in [-0.2, -0.15) is 0 Å². The Bertz CT molecular complexity index is 3790. The molecule has 1 fully saturated rings. The third-order valence-corrected chi connectivity index (χ3v) is 14.4. The van der Waals surface area contributed by atoms with Crippen molar-refractivity contribution >= 4 is 71.6 Å². The summed E-state index contributed by atoms with van der Waals surface area (Å²) in [7, 11) is 0. The van der Waals surface area contributed by atoms with E-state index in [0.29, 0.717) is 5.92 Å². The van der Waals surface area contributed by atoms with Crippen LogP contribution in [-0.2, 0) is 0 Å². The molecule has 12 aromatic rings. The minimum atomic E-state index is 0.563. The first kappa shape index (κ1) is 39.2. The lowest BCUT2D eigenvalue weighted by molar-refractivity contribution is 0.445. The Morgan fingerprint density at radius 2 is 1.01 bits per heavy atom. The van der Waals surface area contributed by atoms with E-state index in [-0.39, 0.29) is 0 Å². The smallest absolute Gasteiger partial charge is 0.143 e. The fourth-order valence-corrected chi connectivity index (χ4v) is 11.3. The van der Waals surface area contributed by atoms with Gasteiger partial charge in [-0.05, 0) is 106 Å². The van der Waals surface area contributed by atoms with Gasteiger partial charge in [0.05, 0.1) is 22.4 Å². The zero-order chi connectivity index (χ0) is 44.3. The number of rotatable bonds is 8. The molecule has 1 saturated carbocycles. The minimum Gasteiger partial charge on any atom is -0.455 e. The van der Waals surface area contributed by atoms with Crippen LogP contribution in [0.5, 0.6) is 0 Å². The second-order valence-electron chi connectivity index (χ2n) is 18.2. The molecule has 13 rings (SSSR count). The van der Waals surface area contributed by atoms with Crippen molar-refractivity contribution < 1.29 is 4.42 Å². The molecule has 3 nitrogen and oxygen atoms in total. The Kier molecular flexibility index (Phi) is 9.60. The average molecular weight is 861 g/mol. The Morgan fingerprint density at radius 1 is 0.418 bits per heavy atom. The summed E-state index contributed by atoms with van der Waals surface area (Å²) < 4.78 is 9.12. The van der Waals surface area contributed by atoms with Crippen LogP contribution in [0.15, 0.2) is 229 Å². The molecule has 67 heavy (non-hydrogen) atoms. The minimum absolute atomic E-state index is 0.563. The SMILES string of the molecule is c1ccc(-n2c3ccccc3c3ccc(-c4ccc(N(c5ccccc5-c5cccc6c5oc5ccccc56)c5ccccc5-c5cccc6cccc(C7CCCCC7)c56)cc4)cc32)cc1. The van der Waals surface area contributed by atoms with Crippen LogP contribution < -0.4 is 4.90 Å². The molecule has 320 valence electrons. The quantitative estimate of drug-likeness (QED) is 0.152. The summed E-state index contributed by atoms with van der Waals surface area (Å²) in [5.41, 5.74) is 17.1. The Hall–Kier alpha value is -8.14. The standard InChI is InChI=1S/C64H48N2O/c1-3-18-44(19-4-1)49-28-15-20-45-21-16-29-55(63(45)49)51-25-8-12-33-59(51)65(60-34-13-9-26-52(60)56-30-17-31-57-54-27-10-14-35-62(54)67-64(56)57)48-39-36-43(37-40-48)46-38-41-53-50-24-7-11-32-58(50)66(61(53)42-46)47-22-5-2-6-23-47/h2,5-17,20-42,44H,1,3-4,18-19H2. The molecule has 0 N–H and O–H groups in total. The maximum Gasteiger partial charge on any atom is 0.143 e. The predicted molar refractivity (Wildman–Crippen MR) is 282 cm³/mol. The number of hydrogen-bond donors (Lipinski definition) is 0. The predicted octanol–water partition coefficient (Wildman–Crippen LogP) is 18.4. The summed E-state index contributed by atoms with van der Waals surface area (Å²) in [4.78, 5) is 2.48. The zero-order valence-corrected chi connectivity index (χ0v) is 37.3. The van der Waals surface area contributed by atoms with Crippen LogP contribution in [0.3, 0.4) is 0 Å². The van der Waals surface area contributed by atoms with Crippen molar-refractivity contribution in [3.8, 4) is 39.1 Å². The Balaban J connectivity index is 1.01. The van der Waals surface area contributed by atoms with Gasteiger partial charge in [-0.3, -0.25) is 0 Å². The normalized spacial score (nSPS) is 13.3. The fourth-order valence-electron chi connectivity index (χ4n) is 11.3. The molecule has 1 aliphatic carbocycles. The Morgan fingerprint density at radius 3 is 1.82 bits per heavy atom. The fraction of sp³-hybridized carbons (Fsp3) is 0.0938. The second-order valence-corrected chi connectivity index (χ2v) is 18.2. The van der Waals surface area contributed by atoms with E-state index >= 15 is 0 Å². The van der Waals surface area contributed by atoms with Crippen molar-refractivity contribution in [3.05, 3.63) is 230 Å². The number of furan rings is 1.